The Bertz CT molecular complexity index is 2700. The molecule has 0 fully saturated rings. The summed E-state index contributed by atoms with van der Waals surface area (Å²) >= 11 is 0. The first-order chi connectivity index (χ1) is 23.8. The van der Waals surface area contributed by atoms with E-state index in [2.05, 4.69) is 125 Å². The molecule has 1 atom stereocenters. The summed E-state index contributed by atoms with van der Waals surface area (Å²) in [6.45, 7) is 0. The number of aromatic nitrogens is 1. The normalized spacial score (nSPS) is 14.9. The zero-order valence-corrected chi connectivity index (χ0v) is 25.8. The van der Waals surface area contributed by atoms with E-state index in [4.69, 9.17) is 14.4 Å². The Labute approximate surface area is 276 Å². The predicted molar refractivity (Wildman–Crippen MR) is 197 cm³/mol. The van der Waals surface area contributed by atoms with Crippen molar-refractivity contribution in [3.63, 3.8) is 0 Å². The molecule has 0 radical (unpaired) electrons. The summed E-state index contributed by atoms with van der Waals surface area (Å²) in [5.41, 5.74) is 8.01. The van der Waals surface area contributed by atoms with Crippen LogP contribution in [0.15, 0.2) is 172 Å². The molecule has 9 aromatic rings. The van der Waals surface area contributed by atoms with Gasteiger partial charge in [-0.3, -0.25) is 0 Å². The number of benzene rings is 7. The average molecular weight is 617 g/mol. The topological polar surface area (TPSA) is 54.8 Å². The summed E-state index contributed by atoms with van der Waals surface area (Å²) in [7, 11) is 0. The van der Waals surface area contributed by atoms with Crippen LogP contribution in [0.5, 0.6) is 0 Å². The van der Waals surface area contributed by atoms with E-state index >= 15 is 0 Å². The largest absolute Gasteiger partial charge is 0.454 e. The van der Waals surface area contributed by atoms with Gasteiger partial charge in [0.2, 0.25) is 0 Å². The molecule has 0 aliphatic carbocycles. The van der Waals surface area contributed by atoms with Gasteiger partial charge in [0, 0.05) is 43.6 Å². The van der Waals surface area contributed by atoms with E-state index in [0.717, 1.165) is 72.0 Å². The van der Waals surface area contributed by atoms with Gasteiger partial charge in [-0.05, 0) is 23.6 Å². The Morgan fingerprint density at radius 3 is 1.75 bits per heavy atom. The van der Waals surface area contributed by atoms with Crippen LogP contribution in [0.3, 0.4) is 0 Å². The Kier molecular flexibility index (Phi) is 5.87. The molecule has 1 aliphatic rings. The summed E-state index contributed by atoms with van der Waals surface area (Å²) in [5.74, 6) is 1.47. The summed E-state index contributed by atoms with van der Waals surface area (Å²) in [5, 5.41) is 10.5. The molecular formula is C43H28N4O. The highest BCUT2D eigenvalue weighted by molar-refractivity contribution is 6.21. The lowest BCUT2D eigenvalue weighted by atomic mass is 9.94. The third-order valence-corrected chi connectivity index (χ3v) is 9.45. The Hall–Kier alpha value is -6.46. The highest BCUT2D eigenvalue weighted by atomic mass is 16.3. The van der Waals surface area contributed by atoms with Crippen molar-refractivity contribution in [2.24, 2.45) is 9.98 Å². The number of para-hydroxylation sites is 3. The summed E-state index contributed by atoms with van der Waals surface area (Å²) in [6, 6.07) is 54.8. The molecule has 0 saturated heterocycles. The van der Waals surface area contributed by atoms with Crippen molar-refractivity contribution in [3.8, 4) is 5.69 Å². The molecule has 226 valence electrons. The van der Waals surface area contributed by atoms with E-state index in [-0.39, 0.29) is 0 Å². The number of hydrogen-bond donors (Lipinski definition) is 1. The van der Waals surface area contributed by atoms with Crippen molar-refractivity contribution in [2.75, 3.05) is 0 Å². The van der Waals surface area contributed by atoms with Crippen LogP contribution in [0.25, 0.3) is 60.2 Å². The van der Waals surface area contributed by atoms with Crippen molar-refractivity contribution in [3.05, 3.63) is 174 Å². The van der Waals surface area contributed by atoms with Crippen LogP contribution in [-0.2, 0) is 0 Å². The van der Waals surface area contributed by atoms with Gasteiger partial charge in [-0.25, -0.2) is 9.98 Å². The van der Waals surface area contributed by atoms with Gasteiger partial charge in [0.05, 0.1) is 16.7 Å². The second-order valence-corrected chi connectivity index (χ2v) is 12.2. The molecule has 1 aliphatic heterocycles. The van der Waals surface area contributed by atoms with Gasteiger partial charge in [0.1, 0.15) is 17.6 Å². The molecule has 0 amide bonds. The summed E-state index contributed by atoms with van der Waals surface area (Å²) in [6.07, 6.45) is -0.437. The number of rotatable bonds is 4. The first-order valence-corrected chi connectivity index (χ1v) is 16.2. The van der Waals surface area contributed by atoms with Gasteiger partial charge in [-0.15, -0.1) is 0 Å². The van der Waals surface area contributed by atoms with Crippen molar-refractivity contribution in [2.45, 2.75) is 6.17 Å². The van der Waals surface area contributed by atoms with Crippen LogP contribution in [0, 0.1) is 0 Å². The van der Waals surface area contributed by atoms with Crippen LogP contribution in [0.2, 0.25) is 0 Å². The molecule has 3 heterocycles. The predicted octanol–water partition coefficient (Wildman–Crippen LogP) is 10.3. The molecule has 10 rings (SSSR count). The van der Waals surface area contributed by atoms with Crippen LogP contribution < -0.4 is 5.32 Å². The molecule has 0 bridgehead atoms. The molecule has 5 heteroatoms. The van der Waals surface area contributed by atoms with Crippen LogP contribution >= 0.6 is 0 Å². The molecule has 7 aromatic carbocycles. The fraction of sp³-hybridized carbons (Fsp3) is 0.0233. The third kappa shape index (κ3) is 3.98. The quantitative estimate of drug-likeness (QED) is 0.214. The van der Waals surface area contributed by atoms with Crippen LogP contribution in [0.1, 0.15) is 22.9 Å². The number of aliphatic imine (C=N–C) groups is 2. The van der Waals surface area contributed by atoms with Crippen LogP contribution in [-0.4, -0.2) is 16.2 Å². The fourth-order valence-electron chi connectivity index (χ4n) is 7.39. The fourth-order valence-corrected chi connectivity index (χ4v) is 7.39. The maximum Gasteiger partial charge on any atom is 0.160 e. The van der Waals surface area contributed by atoms with E-state index in [1.165, 1.54) is 10.8 Å². The molecule has 0 saturated carbocycles. The molecule has 5 nitrogen and oxygen atoms in total. The molecule has 0 spiro atoms. The monoisotopic (exact) mass is 616 g/mol. The lowest BCUT2D eigenvalue weighted by Crippen LogP contribution is -2.33. The number of fused-ring (bicyclic) bond motifs is 7. The van der Waals surface area contributed by atoms with Gasteiger partial charge in [0.15, 0.2) is 11.4 Å². The zero-order valence-electron chi connectivity index (χ0n) is 25.8. The van der Waals surface area contributed by atoms with Gasteiger partial charge in [0.25, 0.3) is 0 Å². The second-order valence-electron chi connectivity index (χ2n) is 12.2. The van der Waals surface area contributed by atoms with Crippen LogP contribution in [0.4, 0.5) is 0 Å². The van der Waals surface area contributed by atoms with Crippen molar-refractivity contribution in [1.29, 1.82) is 0 Å². The summed E-state index contributed by atoms with van der Waals surface area (Å²) < 4.78 is 9.32. The number of nitrogens with zero attached hydrogens (tertiary/aromatic N) is 3. The van der Waals surface area contributed by atoms with E-state index in [1.807, 2.05) is 42.5 Å². The standard InChI is InChI=1S/C43H28N4O/c1-3-15-27(16-4-1)41-44-42(28-17-5-2-6-18-28)46-43(45-41)38-31-21-7-8-22-32(31)39(40-37(38)33-23-11-14-26-36(33)48-40)47-34-24-12-9-19-29(34)30-20-10-13-25-35(30)47/h1-26,43H,(H,44,45,46). The molecule has 1 unspecified atom stereocenters. The summed E-state index contributed by atoms with van der Waals surface area (Å²) in [4.78, 5) is 10.4. The van der Waals surface area contributed by atoms with E-state index < -0.39 is 6.17 Å². The second kappa shape index (κ2) is 10.5. The van der Waals surface area contributed by atoms with E-state index in [1.54, 1.807) is 0 Å². The smallest absolute Gasteiger partial charge is 0.160 e. The SMILES string of the molecule is c1ccc(C2=NC(c3c4ccccc4c(-n4c5ccccc5c5ccccc54)c4oc5ccccc5c34)NC(c3ccccc3)=N2)cc1. The Balaban J connectivity index is 1.34. The van der Waals surface area contributed by atoms with E-state index in [9.17, 15) is 0 Å². The number of nitrogens with one attached hydrogen (secondary N) is 1. The minimum absolute atomic E-state index is 0.437. The van der Waals surface area contributed by atoms with Crippen molar-refractivity contribution in [1.82, 2.24) is 9.88 Å². The highest BCUT2D eigenvalue weighted by Crippen LogP contribution is 2.46. The lowest BCUT2D eigenvalue weighted by Gasteiger charge is -2.26. The molecule has 1 N–H and O–H groups in total. The highest BCUT2D eigenvalue weighted by Gasteiger charge is 2.30. The minimum Gasteiger partial charge on any atom is -0.454 e. The number of furan rings is 1. The molecule has 2 aromatic heterocycles. The molecule has 48 heavy (non-hydrogen) atoms. The first-order valence-electron chi connectivity index (χ1n) is 16.2. The Morgan fingerprint density at radius 2 is 1.06 bits per heavy atom. The average Bonchev–Trinajstić information content (AvgIpc) is 3.70. The van der Waals surface area contributed by atoms with E-state index in [0.29, 0.717) is 5.84 Å². The molecular weight excluding hydrogens is 589 g/mol. The minimum atomic E-state index is -0.437. The van der Waals surface area contributed by atoms with Gasteiger partial charge < -0.3 is 14.3 Å². The van der Waals surface area contributed by atoms with Crippen molar-refractivity contribution < 1.29 is 4.42 Å². The number of hydrogen-bond acceptors (Lipinski definition) is 4. The third-order valence-electron chi connectivity index (χ3n) is 9.45. The first kappa shape index (κ1) is 26.7. The van der Waals surface area contributed by atoms with Gasteiger partial charge in [-0.2, -0.15) is 0 Å². The van der Waals surface area contributed by atoms with Crippen molar-refractivity contribution >= 4 is 66.2 Å². The lowest BCUT2D eigenvalue weighted by molar-refractivity contribution is 0.662. The zero-order chi connectivity index (χ0) is 31.6. The Morgan fingerprint density at radius 1 is 0.521 bits per heavy atom. The number of amidine groups is 2. The van der Waals surface area contributed by atoms with Gasteiger partial charge >= 0.3 is 0 Å². The maximum absolute atomic E-state index is 6.94. The van der Waals surface area contributed by atoms with Gasteiger partial charge in [-0.1, -0.05) is 140 Å². The maximum atomic E-state index is 6.94.